The lowest BCUT2D eigenvalue weighted by Crippen LogP contribution is -2.55. The molecule has 0 bridgehead atoms. The molecule has 6 nitrogen and oxygen atoms in total. The van der Waals surface area contributed by atoms with Crippen LogP contribution in [-0.4, -0.2) is 59.0 Å². The van der Waals surface area contributed by atoms with Gasteiger partial charge in [-0.25, -0.2) is 4.68 Å². The summed E-state index contributed by atoms with van der Waals surface area (Å²) in [7, 11) is 0. The van der Waals surface area contributed by atoms with Gasteiger partial charge in [0, 0.05) is 31.4 Å². The number of nitrogens with one attached hydrogen (secondary N) is 1. The third kappa shape index (κ3) is 3.83. The van der Waals surface area contributed by atoms with E-state index in [0.717, 1.165) is 32.0 Å². The normalized spacial score (nSPS) is 16.1. The molecule has 0 radical (unpaired) electrons. The van der Waals surface area contributed by atoms with Crippen molar-refractivity contribution >= 4 is 5.91 Å². The van der Waals surface area contributed by atoms with Crippen molar-refractivity contribution in [2.24, 2.45) is 0 Å². The fourth-order valence-electron chi connectivity index (χ4n) is 2.84. The highest BCUT2D eigenvalue weighted by molar-refractivity contribution is 5.93. The molecule has 24 heavy (non-hydrogen) atoms. The smallest absolute Gasteiger partial charge is 0.254 e. The first-order valence-electron chi connectivity index (χ1n) is 8.27. The predicted octanol–water partition coefficient (Wildman–Crippen LogP) is 1.71. The average molecular weight is 328 g/mol. The third-order valence-electron chi connectivity index (χ3n) is 4.41. The van der Waals surface area contributed by atoms with Gasteiger partial charge in [0.1, 0.15) is 0 Å². The highest BCUT2D eigenvalue weighted by Crippen LogP contribution is 2.15. The van der Waals surface area contributed by atoms with Gasteiger partial charge in [-0.3, -0.25) is 9.69 Å². The van der Waals surface area contributed by atoms with E-state index in [4.69, 9.17) is 4.74 Å². The lowest BCUT2D eigenvalue weighted by Gasteiger charge is -2.40. The van der Waals surface area contributed by atoms with Gasteiger partial charge < -0.3 is 10.1 Å². The van der Waals surface area contributed by atoms with Crippen LogP contribution in [0.3, 0.4) is 0 Å². The van der Waals surface area contributed by atoms with Crippen LogP contribution in [-0.2, 0) is 4.74 Å². The number of carbonyl (C=O) groups is 1. The number of rotatable bonds is 5. The molecule has 0 spiro atoms. The molecule has 6 heteroatoms. The summed E-state index contributed by atoms with van der Waals surface area (Å²) >= 11 is 0. The van der Waals surface area contributed by atoms with Gasteiger partial charge in [0.2, 0.25) is 0 Å². The zero-order chi connectivity index (χ0) is 17.0. The maximum Gasteiger partial charge on any atom is 0.254 e. The second kappa shape index (κ2) is 7.15. The maximum atomic E-state index is 12.4. The van der Waals surface area contributed by atoms with Crippen LogP contribution in [0.25, 0.3) is 5.69 Å². The highest BCUT2D eigenvalue weighted by atomic mass is 16.5. The van der Waals surface area contributed by atoms with Crippen LogP contribution in [0, 0.1) is 0 Å². The largest absolute Gasteiger partial charge is 0.379 e. The number of hydrogen-bond acceptors (Lipinski definition) is 4. The Morgan fingerprint density at radius 3 is 2.67 bits per heavy atom. The van der Waals surface area contributed by atoms with E-state index in [0.29, 0.717) is 12.1 Å². The van der Waals surface area contributed by atoms with E-state index in [9.17, 15) is 4.79 Å². The molecule has 1 aromatic carbocycles. The molecule has 3 rings (SSSR count). The van der Waals surface area contributed by atoms with Crippen LogP contribution in [0.15, 0.2) is 42.7 Å². The minimum Gasteiger partial charge on any atom is -0.379 e. The van der Waals surface area contributed by atoms with Crippen molar-refractivity contribution in [3.05, 3.63) is 48.3 Å². The van der Waals surface area contributed by atoms with E-state index in [1.165, 1.54) is 0 Å². The van der Waals surface area contributed by atoms with E-state index in [1.807, 2.05) is 30.3 Å². The molecule has 2 aromatic rings. The monoisotopic (exact) mass is 328 g/mol. The van der Waals surface area contributed by atoms with Crippen molar-refractivity contribution in [2.75, 3.05) is 32.8 Å². The molecular formula is C18H24N4O2. The van der Waals surface area contributed by atoms with Crippen molar-refractivity contribution in [1.29, 1.82) is 0 Å². The molecule has 128 valence electrons. The Labute approximate surface area is 142 Å². The van der Waals surface area contributed by atoms with Gasteiger partial charge in [-0.05, 0) is 26.0 Å². The zero-order valence-corrected chi connectivity index (χ0v) is 14.2. The number of benzene rings is 1. The molecule has 1 aromatic heterocycles. The molecule has 1 N–H and O–H groups in total. The molecule has 0 saturated carbocycles. The van der Waals surface area contributed by atoms with E-state index in [1.54, 1.807) is 17.1 Å². The number of hydrogen-bond donors (Lipinski definition) is 1. The summed E-state index contributed by atoms with van der Waals surface area (Å²) in [5, 5.41) is 7.30. The number of morpholine rings is 1. The quantitative estimate of drug-likeness (QED) is 0.908. The molecule has 0 atom stereocenters. The third-order valence-corrected chi connectivity index (χ3v) is 4.41. The van der Waals surface area contributed by atoms with Crippen LogP contribution >= 0.6 is 0 Å². The second-order valence-electron chi connectivity index (χ2n) is 6.60. The van der Waals surface area contributed by atoms with E-state index in [-0.39, 0.29) is 11.4 Å². The van der Waals surface area contributed by atoms with Crippen LogP contribution in [0.1, 0.15) is 24.2 Å². The fourth-order valence-corrected chi connectivity index (χ4v) is 2.84. The summed E-state index contributed by atoms with van der Waals surface area (Å²) in [6, 6.07) is 9.75. The molecule has 0 unspecified atom stereocenters. The summed E-state index contributed by atoms with van der Waals surface area (Å²) in [6.45, 7) is 8.17. The summed E-state index contributed by atoms with van der Waals surface area (Å²) in [4.78, 5) is 14.8. The number of amides is 1. The van der Waals surface area contributed by atoms with Gasteiger partial charge in [0.25, 0.3) is 5.91 Å². The second-order valence-corrected chi connectivity index (χ2v) is 6.60. The van der Waals surface area contributed by atoms with Gasteiger partial charge >= 0.3 is 0 Å². The van der Waals surface area contributed by atoms with Crippen LogP contribution in [0.5, 0.6) is 0 Å². The number of ether oxygens (including phenoxy) is 1. The molecule has 1 aliphatic rings. The Balaban J connectivity index is 1.60. The first kappa shape index (κ1) is 16.7. The molecule has 1 amide bonds. The van der Waals surface area contributed by atoms with Crippen LogP contribution < -0.4 is 5.32 Å². The molecule has 0 aliphatic carbocycles. The topological polar surface area (TPSA) is 59.4 Å². The first-order valence-corrected chi connectivity index (χ1v) is 8.27. The van der Waals surface area contributed by atoms with E-state index in [2.05, 4.69) is 29.2 Å². The summed E-state index contributed by atoms with van der Waals surface area (Å²) in [5.41, 5.74) is 1.40. The number of para-hydroxylation sites is 1. The fraction of sp³-hybridized carbons (Fsp3) is 0.444. The SMILES string of the molecule is CC(C)(CNC(=O)c1cnn(-c2ccccc2)c1)N1CCOCC1. The van der Waals surface area contributed by atoms with Gasteiger partial charge in [-0.2, -0.15) is 5.10 Å². The minimum atomic E-state index is -0.102. The minimum absolute atomic E-state index is 0.0986. The van der Waals surface area contributed by atoms with Gasteiger partial charge in [-0.1, -0.05) is 18.2 Å². The number of carbonyl (C=O) groups excluding carboxylic acids is 1. The van der Waals surface area contributed by atoms with Crippen molar-refractivity contribution in [3.63, 3.8) is 0 Å². The zero-order valence-electron chi connectivity index (χ0n) is 14.2. The summed E-state index contributed by atoms with van der Waals surface area (Å²) < 4.78 is 7.10. The predicted molar refractivity (Wildman–Crippen MR) is 92.4 cm³/mol. The molecular weight excluding hydrogens is 304 g/mol. The Hall–Kier alpha value is -2.18. The standard InChI is InChI=1S/C18H24N4O2/c1-18(2,21-8-10-24-11-9-21)14-19-17(23)15-12-20-22(13-15)16-6-4-3-5-7-16/h3-7,12-13H,8-11,14H2,1-2H3,(H,19,23). The summed E-state index contributed by atoms with van der Waals surface area (Å²) in [5.74, 6) is -0.0986. The highest BCUT2D eigenvalue weighted by Gasteiger charge is 2.28. The Bertz CT molecular complexity index is 675. The Morgan fingerprint density at radius 2 is 1.96 bits per heavy atom. The van der Waals surface area contributed by atoms with Gasteiger partial charge in [0.15, 0.2) is 0 Å². The number of nitrogens with zero attached hydrogens (tertiary/aromatic N) is 3. The molecule has 1 saturated heterocycles. The van der Waals surface area contributed by atoms with Gasteiger partial charge in [0.05, 0.1) is 30.7 Å². The Morgan fingerprint density at radius 1 is 1.25 bits per heavy atom. The number of aromatic nitrogens is 2. The van der Waals surface area contributed by atoms with Crippen molar-refractivity contribution < 1.29 is 9.53 Å². The molecule has 1 fully saturated rings. The van der Waals surface area contributed by atoms with Crippen LogP contribution in [0.4, 0.5) is 0 Å². The first-order chi connectivity index (χ1) is 11.6. The Kier molecular flexibility index (Phi) is 4.97. The van der Waals surface area contributed by atoms with E-state index < -0.39 is 0 Å². The lowest BCUT2D eigenvalue weighted by atomic mass is 10.0. The lowest BCUT2D eigenvalue weighted by molar-refractivity contribution is -0.00923. The van der Waals surface area contributed by atoms with E-state index >= 15 is 0 Å². The summed E-state index contributed by atoms with van der Waals surface area (Å²) in [6.07, 6.45) is 3.36. The van der Waals surface area contributed by atoms with Gasteiger partial charge in [-0.15, -0.1) is 0 Å². The molecule has 2 heterocycles. The molecule has 1 aliphatic heterocycles. The van der Waals surface area contributed by atoms with Crippen molar-refractivity contribution in [3.8, 4) is 5.69 Å². The van der Waals surface area contributed by atoms with Crippen molar-refractivity contribution in [1.82, 2.24) is 20.0 Å². The van der Waals surface area contributed by atoms with Crippen LogP contribution in [0.2, 0.25) is 0 Å². The average Bonchev–Trinajstić information content (AvgIpc) is 3.11. The van der Waals surface area contributed by atoms with Crippen molar-refractivity contribution in [2.45, 2.75) is 19.4 Å². The maximum absolute atomic E-state index is 12.4.